The first kappa shape index (κ1) is 12.1. The zero-order valence-corrected chi connectivity index (χ0v) is 11.7. The number of anilines is 3. The maximum absolute atomic E-state index is 5.86. The van der Waals surface area contributed by atoms with E-state index in [2.05, 4.69) is 56.3 Å². The lowest BCUT2D eigenvalue weighted by Gasteiger charge is -2.36. The summed E-state index contributed by atoms with van der Waals surface area (Å²) in [6, 6.07) is 8.79. The van der Waals surface area contributed by atoms with Crippen LogP contribution in [0.5, 0.6) is 0 Å². The van der Waals surface area contributed by atoms with Gasteiger partial charge >= 0.3 is 0 Å². The van der Waals surface area contributed by atoms with Gasteiger partial charge in [0.2, 0.25) is 5.95 Å². The normalized spacial score (nSPS) is 18.0. The van der Waals surface area contributed by atoms with Gasteiger partial charge in [-0.05, 0) is 31.4 Å². The van der Waals surface area contributed by atoms with Gasteiger partial charge in [-0.3, -0.25) is 5.10 Å². The average molecular weight is 280 g/mol. The number of aryl methyl sites for hydroxylation is 1. The van der Waals surface area contributed by atoms with Crippen LogP contribution in [-0.2, 0) is 6.42 Å². The van der Waals surface area contributed by atoms with Crippen molar-refractivity contribution in [2.24, 2.45) is 0 Å². The van der Waals surface area contributed by atoms with E-state index in [0.717, 1.165) is 24.0 Å². The van der Waals surface area contributed by atoms with Crippen molar-refractivity contribution in [3.05, 3.63) is 36.0 Å². The van der Waals surface area contributed by atoms with E-state index in [1.807, 2.05) is 0 Å². The van der Waals surface area contributed by atoms with Crippen molar-refractivity contribution in [2.45, 2.75) is 25.8 Å². The number of aromatic nitrogens is 4. The molecule has 1 aliphatic rings. The van der Waals surface area contributed by atoms with Gasteiger partial charge in [-0.2, -0.15) is 15.1 Å². The van der Waals surface area contributed by atoms with Crippen molar-refractivity contribution in [1.29, 1.82) is 0 Å². The van der Waals surface area contributed by atoms with Crippen molar-refractivity contribution < 1.29 is 0 Å². The van der Waals surface area contributed by atoms with E-state index in [0.29, 0.717) is 11.7 Å². The van der Waals surface area contributed by atoms with Gasteiger partial charge in [0.1, 0.15) is 5.82 Å². The largest absolute Gasteiger partial charge is 0.368 e. The van der Waals surface area contributed by atoms with Crippen molar-refractivity contribution in [2.75, 3.05) is 10.6 Å². The fourth-order valence-corrected chi connectivity index (χ4v) is 3.03. The standard InChI is InChI=1S/C15H16N6/c1-9-6-7-10-4-2-3-5-12(10)21(9)14-11-8-17-20-13(11)18-15(16)19-14/h2-5,8-9H,6-7H2,1H3,(H3,16,17,18,19,20). The zero-order valence-electron chi connectivity index (χ0n) is 11.7. The van der Waals surface area contributed by atoms with E-state index in [1.165, 1.54) is 11.3 Å². The molecule has 0 amide bonds. The average Bonchev–Trinajstić information content (AvgIpc) is 2.94. The molecule has 1 atom stereocenters. The van der Waals surface area contributed by atoms with Gasteiger partial charge in [0, 0.05) is 11.7 Å². The van der Waals surface area contributed by atoms with E-state index in [4.69, 9.17) is 5.73 Å². The number of H-pyrrole nitrogens is 1. The van der Waals surface area contributed by atoms with Gasteiger partial charge in [-0.25, -0.2) is 0 Å². The van der Waals surface area contributed by atoms with E-state index in [-0.39, 0.29) is 5.95 Å². The van der Waals surface area contributed by atoms with Gasteiger partial charge < -0.3 is 10.6 Å². The Morgan fingerprint density at radius 2 is 2.14 bits per heavy atom. The van der Waals surface area contributed by atoms with Gasteiger partial charge in [-0.1, -0.05) is 18.2 Å². The highest BCUT2D eigenvalue weighted by molar-refractivity contribution is 5.90. The number of hydrogen-bond donors (Lipinski definition) is 2. The Balaban J connectivity index is 1.97. The van der Waals surface area contributed by atoms with Crippen LogP contribution in [0.15, 0.2) is 30.5 Å². The first-order valence-electron chi connectivity index (χ1n) is 7.08. The number of aromatic amines is 1. The molecule has 6 nitrogen and oxygen atoms in total. The van der Waals surface area contributed by atoms with Crippen LogP contribution in [0.25, 0.3) is 11.0 Å². The number of hydrogen-bond acceptors (Lipinski definition) is 5. The summed E-state index contributed by atoms with van der Waals surface area (Å²) in [6.45, 7) is 2.21. The molecule has 3 heterocycles. The Hall–Kier alpha value is -2.63. The number of para-hydroxylation sites is 1. The molecule has 106 valence electrons. The lowest BCUT2D eigenvalue weighted by atomic mass is 9.96. The minimum Gasteiger partial charge on any atom is -0.368 e. The molecule has 3 N–H and O–H groups in total. The Morgan fingerprint density at radius 3 is 3.05 bits per heavy atom. The van der Waals surface area contributed by atoms with E-state index in [1.54, 1.807) is 6.20 Å². The van der Waals surface area contributed by atoms with Crippen LogP contribution in [0, 0.1) is 0 Å². The van der Waals surface area contributed by atoms with Gasteiger partial charge in [0.15, 0.2) is 5.65 Å². The Morgan fingerprint density at radius 1 is 1.29 bits per heavy atom. The Bertz CT molecular complexity index is 809. The molecule has 0 aliphatic carbocycles. The molecule has 4 rings (SSSR count). The molecule has 3 aromatic rings. The lowest BCUT2D eigenvalue weighted by Crippen LogP contribution is -2.34. The third-order valence-corrected chi connectivity index (χ3v) is 4.06. The van der Waals surface area contributed by atoms with Crippen molar-refractivity contribution in [3.63, 3.8) is 0 Å². The lowest BCUT2D eigenvalue weighted by molar-refractivity contribution is 0.615. The number of nitrogen functional groups attached to an aromatic ring is 1. The van der Waals surface area contributed by atoms with Gasteiger partial charge in [-0.15, -0.1) is 0 Å². The Kier molecular flexibility index (Phi) is 2.57. The molecule has 21 heavy (non-hydrogen) atoms. The molecule has 0 saturated heterocycles. The first-order valence-corrected chi connectivity index (χ1v) is 7.08. The summed E-state index contributed by atoms with van der Waals surface area (Å²) >= 11 is 0. The topological polar surface area (TPSA) is 83.7 Å². The van der Waals surface area contributed by atoms with Crippen LogP contribution in [0.2, 0.25) is 0 Å². The molecule has 1 aliphatic heterocycles. The van der Waals surface area contributed by atoms with Gasteiger partial charge in [0.25, 0.3) is 0 Å². The first-order chi connectivity index (χ1) is 10.2. The number of benzene rings is 1. The highest BCUT2D eigenvalue weighted by atomic mass is 15.3. The van der Waals surface area contributed by atoms with Crippen molar-refractivity contribution in [1.82, 2.24) is 20.2 Å². The van der Waals surface area contributed by atoms with Crippen LogP contribution >= 0.6 is 0 Å². The highest BCUT2D eigenvalue weighted by Gasteiger charge is 2.27. The molecule has 1 unspecified atom stereocenters. The number of nitrogens with one attached hydrogen (secondary N) is 1. The molecular formula is C15H16N6. The Labute approximate surface area is 122 Å². The summed E-state index contributed by atoms with van der Waals surface area (Å²) < 4.78 is 0. The smallest absolute Gasteiger partial charge is 0.224 e. The summed E-state index contributed by atoms with van der Waals surface area (Å²) in [5.74, 6) is 1.09. The molecule has 0 radical (unpaired) electrons. The maximum atomic E-state index is 5.86. The number of fused-ring (bicyclic) bond motifs is 2. The SMILES string of the molecule is CC1CCc2ccccc2N1c1nc(N)nc2[nH]ncc12. The van der Waals surface area contributed by atoms with E-state index < -0.39 is 0 Å². The van der Waals surface area contributed by atoms with Crippen LogP contribution in [0.3, 0.4) is 0 Å². The molecule has 0 saturated carbocycles. The minimum absolute atomic E-state index is 0.261. The predicted octanol–water partition coefficient (Wildman–Crippen LogP) is 2.41. The monoisotopic (exact) mass is 280 g/mol. The van der Waals surface area contributed by atoms with Crippen molar-refractivity contribution >= 4 is 28.5 Å². The molecule has 0 spiro atoms. The number of nitrogens with zero attached hydrogens (tertiary/aromatic N) is 4. The predicted molar refractivity (Wildman–Crippen MR) is 82.5 cm³/mol. The summed E-state index contributed by atoms with van der Waals surface area (Å²) in [6.07, 6.45) is 3.93. The van der Waals surface area contributed by atoms with Crippen LogP contribution in [-0.4, -0.2) is 26.2 Å². The van der Waals surface area contributed by atoms with Crippen LogP contribution < -0.4 is 10.6 Å². The summed E-state index contributed by atoms with van der Waals surface area (Å²) in [7, 11) is 0. The summed E-state index contributed by atoms with van der Waals surface area (Å²) in [5, 5.41) is 7.84. The molecule has 1 aromatic carbocycles. The molecule has 6 heteroatoms. The van der Waals surface area contributed by atoms with Crippen LogP contribution in [0.4, 0.5) is 17.5 Å². The second kappa shape index (κ2) is 4.44. The zero-order chi connectivity index (χ0) is 14.4. The van der Waals surface area contributed by atoms with E-state index >= 15 is 0 Å². The summed E-state index contributed by atoms with van der Waals surface area (Å²) in [5.41, 5.74) is 9.06. The third-order valence-electron chi connectivity index (χ3n) is 4.06. The fourth-order valence-electron chi connectivity index (χ4n) is 3.03. The molecular weight excluding hydrogens is 264 g/mol. The quantitative estimate of drug-likeness (QED) is 0.715. The fraction of sp³-hybridized carbons (Fsp3) is 0.267. The number of nitrogens with two attached hydrogens (primary N) is 1. The van der Waals surface area contributed by atoms with Gasteiger partial charge in [0.05, 0.1) is 11.6 Å². The minimum atomic E-state index is 0.261. The second-order valence-electron chi connectivity index (χ2n) is 5.42. The van der Waals surface area contributed by atoms with E-state index in [9.17, 15) is 0 Å². The van der Waals surface area contributed by atoms with Crippen LogP contribution in [0.1, 0.15) is 18.9 Å². The maximum Gasteiger partial charge on any atom is 0.224 e. The second-order valence-corrected chi connectivity index (χ2v) is 5.42. The molecule has 0 bridgehead atoms. The van der Waals surface area contributed by atoms with Crippen molar-refractivity contribution in [3.8, 4) is 0 Å². The molecule has 2 aromatic heterocycles. The molecule has 0 fully saturated rings. The summed E-state index contributed by atoms with van der Waals surface area (Å²) in [4.78, 5) is 10.9. The number of rotatable bonds is 1. The highest BCUT2D eigenvalue weighted by Crippen LogP contribution is 2.38. The third kappa shape index (κ3) is 1.83.